The zero-order chi connectivity index (χ0) is 20.3. The van der Waals surface area contributed by atoms with Gasteiger partial charge in [0, 0.05) is 41.6 Å². The van der Waals surface area contributed by atoms with Gasteiger partial charge in [-0.2, -0.15) is 0 Å². The number of rotatable bonds is 2. The fraction of sp³-hybridized carbons (Fsp3) is 0.190. The Kier molecular flexibility index (Phi) is 4.21. The lowest BCUT2D eigenvalue weighted by Crippen LogP contribution is -2.51. The molecule has 0 saturated carbocycles. The second-order valence-electron chi connectivity index (χ2n) is 7.08. The molecule has 2 aliphatic rings. The maximum atomic E-state index is 13.7. The van der Waals surface area contributed by atoms with Gasteiger partial charge in [0.15, 0.2) is 5.66 Å². The summed E-state index contributed by atoms with van der Waals surface area (Å²) in [6.45, 7) is 2.69. The Morgan fingerprint density at radius 2 is 1.93 bits per heavy atom. The molecule has 0 radical (unpaired) electrons. The third kappa shape index (κ3) is 2.43. The van der Waals surface area contributed by atoms with Gasteiger partial charge in [0.2, 0.25) is 0 Å². The minimum atomic E-state index is -1.07. The maximum absolute atomic E-state index is 13.7. The number of carbonyl (C=O) groups is 2. The zero-order valence-electron chi connectivity index (χ0n) is 15.4. The average molecular weight is 444 g/mol. The van der Waals surface area contributed by atoms with Crippen LogP contribution >= 0.6 is 34.5 Å². The lowest BCUT2D eigenvalue weighted by molar-refractivity contribution is 0.0378. The van der Waals surface area contributed by atoms with Crippen molar-refractivity contribution in [2.45, 2.75) is 12.6 Å². The second-order valence-corrected chi connectivity index (χ2v) is 8.77. The first kappa shape index (κ1) is 18.6. The monoisotopic (exact) mass is 443 g/mol. The molecule has 0 aliphatic carbocycles. The topological polar surface area (TPSA) is 53.5 Å². The van der Waals surface area contributed by atoms with Crippen LogP contribution in [0, 0.1) is 6.92 Å². The lowest BCUT2D eigenvalue weighted by Gasteiger charge is -2.40. The van der Waals surface area contributed by atoms with Gasteiger partial charge in [-0.25, -0.2) is 0 Å². The summed E-state index contributed by atoms with van der Waals surface area (Å²) in [5.74, 6) is -0.309. The maximum Gasteiger partial charge on any atom is 0.267 e. The van der Waals surface area contributed by atoms with E-state index in [1.54, 1.807) is 40.4 Å². The van der Waals surface area contributed by atoms with Gasteiger partial charge in [0.05, 0.1) is 10.6 Å². The minimum Gasteiger partial charge on any atom is -0.306 e. The number of halogens is 2. The standard InChI is InChI=1S/C21H15Cl2N3O2S/c1-12-11-29-18(17(12)23)20(28)26-9-8-25-19(27)15-6-7-24-10-16(15)21(25,26)13-2-4-14(22)5-3-13/h2-7,10-11H,8-9H2,1H3. The third-order valence-corrected chi connectivity index (χ3v) is 7.52. The highest BCUT2D eigenvalue weighted by atomic mass is 35.5. The van der Waals surface area contributed by atoms with E-state index < -0.39 is 5.66 Å². The fourth-order valence-corrected chi connectivity index (χ4v) is 5.66. The van der Waals surface area contributed by atoms with Crippen LogP contribution in [0.4, 0.5) is 0 Å². The van der Waals surface area contributed by atoms with Gasteiger partial charge in [-0.1, -0.05) is 35.3 Å². The van der Waals surface area contributed by atoms with Crippen LogP contribution in [0.2, 0.25) is 10.0 Å². The number of carbonyl (C=O) groups excluding carboxylic acids is 2. The molecule has 2 amide bonds. The summed E-state index contributed by atoms with van der Waals surface area (Å²) in [6.07, 6.45) is 3.27. The molecule has 8 heteroatoms. The number of hydrogen-bond acceptors (Lipinski definition) is 4. The van der Waals surface area contributed by atoms with E-state index in [-0.39, 0.29) is 11.8 Å². The summed E-state index contributed by atoms with van der Waals surface area (Å²) < 4.78 is 0. The smallest absolute Gasteiger partial charge is 0.267 e. The molecule has 1 fully saturated rings. The molecule has 1 saturated heterocycles. The molecule has 146 valence electrons. The highest BCUT2D eigenvalue weighted by molar-refractivity contribution is 7.13. The van der Waals surface area contributed by atoms with Crippen molar-refractivity contribution in [1.82, 2.24) is 14.8 Å². The first-order valence-corrected chi connectivity index (χ1v) is 10.7. The molecule has 3 aromatic rings. The third-order valence-electron chi connectivity index (χ3n) is 5.59. The predicted octanol–water partition coefficient (Wildman–Crippen LogP) is 4.57. The summed E-state index contributed by atoms with van der Waals surface area (Å²) >= 11 is 13.9. The molecule has 0 N–H and O–H groups in total. The quantitative estimate of drug-likeness (QED) is 0.582. The molecule has 0 bridgehead atoms. The summed E-state index contributed by atoms with van der Waals surface area (Å²) in [7, 11) is 0. The van der Waals surface area contributed by atoms with Crippen molar-refractivity contribution in [3.63, 3.8) is 0 Å². The summed E-state index contributed by atoms with van der Waals surface area (Å²) in [5.41, 5.74) is 1.84. The Bertz CT molecular complexity index is 1160. The normalized spacial score (nSPS) is 20.2. The van der Waals surface area contributed by atoms with Crippen LogP contribution in [0.15, 0.2) is 48.1 Å². The molecular formula is C21H15Cl2N3O2S. The van der Waals surface area contributed by atoms with Crippen molar-refractivity contribution in [2.75, 3.05) is 13.1 Å². The van der Waals surface area contributed by atoms with E-state index in [0.29, 0.717) is 39.1 Å². The zero-order valence-corrected chi connectivity index (χ0v) is 17.7. The number of amides is 2. The van der Waals surface area contributed by atoms with E-state index in [0.717, 1.165) is 11.1 Å². The number of aromatic nitrogens is 1. The number of aryl methyl sites for hydroxylation is 1. The number of pyridine rings is 1. The Hall–Kier alpha value is -2.41. The Balaban J connectivity index is 1.76. The van der Waals surface area contributed by atoms with E-state index in [2.05, 4.69) is 4.98 Å². The van der Waals surface area contributed by atoms with Crippen molar-refractivity contribution in [1.29, 1.82) is 0 Å². The predicted molar refractivity (Wildman–Crippen MR) is 113 cm³/mol. The van der Waals surface area contributed by atoms with Crippen LogP contribution in [-0.4, -0.2) is 39.7 Å². The number of benzene rings is 1. The number of thiophene rings is 1. The molecule has 5 rings (SSSR count). The molecule has 1 aromatic carbocycles. The molecule has 2 aromatic heterocycles. The van der Waals surface area contributed by atoms with Gasteiger partial charge >= 0.3 is 0 Å². The van der Waals surface area contributed by atoms with Crippen LogP contribution < -0.4 is 0 Å². The summed E-state index contributed by atoms with van der Waals surface area (Å²) in [5, 5.41) is 2.91. The summed E-state index contributed by atoms with van der Waals surface area (Å²) in [6, 6.07) is 8.96. The molecule has 2 aliphatic heterocycles. The first-order valence-electron chi connectivity index (χ1n) is 9.04. The first-order chi connectivity index (χ1) is 14.0. The highest BCUT2D eigenvalue weighted by Crippen LogP contribution is 2.50. The average Bonchev–Trinajstić information content (AvgIpc) is 3.35. The van der Waals surface area contributed by atoms with Crippen LogP contribution in [0.1, 0.15) is 36.7 Å². The second kappa shape index (κ2) is 6.55. The molecular weight excluding hydrogens is 429 g/mol. The van der Waals surface area contributed by atoms with Gasteiger partial charge in [0.25, 0.3) is 11.8 Å². The lowest BCUT2D eigenvalue weighted by atomic mass is 9.91. The van der Waals surface area contributed by atoms with E-state index in [1.165, 1.54) is 11.3 Å². The van der Waals surface area contributed by atoms with Gasteiger partial charge in [0.1, 0.15) is 4.88 Å². The summed E-state index contributed by atoms with van der Waals surface area (Å²) in [4.78, 5) is 35.1. The molecule has 1 unspecified atom stereocenters. The number of nitrogens with zero attached hydrogens (tertiary/aromatic N) is 3. The Morgan fingerprint density at radius 1 is 1.17 bits per heavy atom. The van der Waals surface area contributed by atoms with Gasteiger partial charge < -0.3 is 9.80 Å². The van der Waals surface area contributed by atoms with E-state index in [9.17, 15) is 9.59 Å². The number of hydrogen-bond donors (Lipinski definition) is 0. The van der Waals surface area contributed by atoms with E-state index in [1.807, 2.05) is 24.4 Å². The SMILES string of the molecule is Cc1csc(C(=O)N2CCN3C(=O)c4ccncc4C32c2ccc(Cl)cc2)c1Cl. The van der Waals surface area contributed by atoms with Gasteiger partial charge in [-0.15, -0.1) is 11.3 Å². The van der Waals surface area contributed by atoms with Crippen molar-refractivity contribution >= 4 is 46.4 Å². The molecule has 4 heterocycles. The van der Waals surface area contributed by atoms with Crippen molar-refractivity contribution in [3.8, 4) is 0 Å². The Morgan fingerprint density at radius 3 is 2.62 bits per heavy atom. The van der Waals surface area contributed by atoms with Crippen molar-refractivity contribution < 1.29 is 9.59 Å². The van der Waals surface area contributed by atoms with Crippen molar-refractivity contribution in [3.05, 3.63) is 85.3 Å². The molecule has 29 heavy (non-hydrogen) atoms. The van der Waals surface area contributed by atoms with Gasteiger partial charge in [-0.05, 0) is 36.1 Å². The highest BCUT2D eigenvalue weighted by Gasteiger charge is 2.60. The molecule has 5 nitrogen and oxygen atoms in total. The van der Waals surface area contributed by atoms with E-state index >= 15 is 0 Å². The number of fused-ring (bicyclic) bond motifs is 3. The molecule has 0 spiro atoms. The van der Waals surface area contributed by atoms with E-state index in [4.69, 9.17) is 23.2 Å². The van der Waals surface area contributed by atoms with Crippen LogP contribution in [-0.2, 0) is 5.66 Å². The van der Waals surface area contributed by atoms with Crippen LogP contribution in [0.25, 0.3) is 0 Å². The Labute approximate surface area is 181 Å². The van der Waals surface area contributed by atoms with Crippen LogP contribution in [0.3, 0.4) is 0 Å². The molecule has 1 atom stereocenters. The fourth-order valence-electron chi connectivity index (χ4n) is 4.31. The largest absolute Gasteiger partial charge is 0.306 e. The van der Waals surface area contributed by atoms with Gasteiger partial charge in [-0.3, -0.25) is 14.6 Å². The minimum absolute atomic E-state index is 0.110. The van der Waals surface area contributed by atoms with Crippen molar-refractivity contribution in [2.24, 2.45) is 0 Å². The van der Waals surface area contributed by atoms with Crippen LogP contribution in [0.5, 0.6) is 0 Å².